The van der Waals surface area contributed by atoms with Gasteiger partial charge in [-0.25, -0.2) is 4.98 Å². The molecule has 4 nitrogen and oxygen atoms in total. The van der Waals surface area contributed by atoms with Crippen LogP contribution in [0.25, 0.3) is 5.57 Å². The van der Waals surface area contributed by atoms with E-state index in [1.54, 1.807) is 0 Å². The number of halogens is 3. The zero-order chi connectivity index (χ0) is 19.2. The Kier molecular flexibility index (Phi) is 6.64. The summed E-state index contributed by atoms with van der Waals surface area (Å²) < 4.78 is 39.0. The van der Waals surface area contributed by atoms with Crippen LogP contribution < -0.4 is 10.6 Å². The number of allylic oxidation sites excluding steroid dienone is 1. The highest BCUT2D eigenvalue weighted by Gasteiger charge is 2.31. The molecule has 0 aliphatic heterocycles. The van der Waals surface area contributed by atoms with Crippen molar-refractivity contribution in [3.63, 3.8) is 0 Å². The Labute approximate surface area is 154 Å². The number of hydrogen-bond acceptors (Lipinski definition) is 5. The summed E-state index contributed by atoms with van der Waals surface area (Å²) in [6.07, 6.45) is -1.18. The summed E-state index contributed by atoms with van der Waals surface area (Å²) in [6, 6.07) is 5.49. The van der Waals surface area contributed by atoms with Crippen LogP contribution >= 0.6 is 11.3 Å². The van der Waals surface area contributed by atoms with E-state index < -0.39 is 11.7 Å². The molecular weight excluding hydrogens is 361 g/mol. The Hall–Kier alpha value is -2.53. The van der Waals surface area contributed by atoms with E-state index in [1.165, 1.54) is 23.6 Å². The summed E-state index contributed by atoms with van der Waals surface area (Å²) >= 11 is 1.31. The van der Waals surface area contributed by atoms with Crippen LogP contribution in [0.5, 0.6) is 0 Å². The maximum Gasteiger partial charge on any atom is 0.416 e. The zero-order valence-corrected chi connectivity index (χ0v) is 15.3. The SMILES string of the molecule is CCCCNc1ccc(C(F)(F)F)cc1N/C=C(\C#N)c1nc(C)cs1. The lowest BCUT2D eigenvalue weighted by molar-refractivity contribution is -0.137. The highest BCUT2D eigenvalue weighted by Crippen LogP contribution is 2.34. The van der Waals surface area contributed by atoms with Gasteiger partial charge in [0.1, 0.15) is 16.6 Å². The molecule has 1 heterocycles. The van der Waals surface area contributed by atoms with Crippen molar-refractivity contribution in [2.24, 2.45) is 0 Å². The summed E-state index contributed by atoms with van der Waals surface area (Å²) in [5, 5.41) is 17.6. The van der Waals surface area contributed by atoms with Crippen molar-refractivity contribution >= 4 is 28.3 Å². The predicted octanol–water partition coefficient (Wildman–Crippen LogP) is 5.66. The highest BCUT2D eigenvalue weighted by atomic mass is 32.1. The van der Waals surface area contributed by atoms with Gasteiger partial charge in [-0.1, -0.05) is 13.3 Å². The summed E-state index contributed by atoms with van der Waals surface area (Å²) in [5.74, 6) is 0. The Balaban J connectivity index is 2.31. The van der Waals surface area contributed by atoms with Crippen molar-refractivity contribution in [2.45, 2.75) is 32.9 Å². The van der Waals surface area contributed by atoms with E-state index in [9.17, 15) is 18.4 Å². The molecule has 26 heavy (non-hydrogen) atoms. The normalized spacial score (nSPS) is 11.9. The average molecular weight is 380 g/mol. The molecule has 2 aromatic rings. The standard InChI is InChI=1S/C18H19F3N4S/c1-3-4-7-23-15-6-5-14(18(19,20)21)8-16(15)24-10-13(9-22)17-25-12(2)11-26-17/h5-6,8,10-11,23-24H,3-4,7H2,1-2H3/b13-10+. The fourth-order valence-electron chi connectivity index (χ4n) is 2.16. The zero-order valence-electron chi connectivity index (χ0n) is 14.4. The Morgan fingerprint density at radius 3 is 2.69 bits per heavy atom. The fourth-order valence-corrected chi connectivity index (χ4v) is 2.93. The van der Waals surface area contributed by atoms with Crippen molar-refractivity contribution in [3.05, 3.63) is 46.0 Å². The number of hydrogen-bond donors (Lipinski definition) is 2. The predicted molar refractivity (Wildman–Crippen MR) is 98.9 cm³/mol. The second-order valence-corrected chi connectivity index (χ2v) is 6.50. The van der Waals surface area contributed by atoms with Crippen molar-refractivity contribution in [1.82, 2.24) is 4.98 Å². The van der Waals surface area contributed by atoms with Gasteiger partial charge in [0.05, 0.1) is 16.9 Å². The topological polar surface area (TPSA) is 60.7 Å². The lowest BCUT2D eigenvalue weighted by atomic mass is 10.1. The molecule has 0 saturated heterocycles. The Bertz CT molecular complexity index is 819. The van der Waals surface area contributed by atoms with Crippen LogP contribution in [0.2, 0.25) is 0 Å². The molecule has 0 aliphatic carbocycles. The van der Waals surface area contributed by atoms with Crippen molar-refractivity contribution < 1.29 is 13.2 Å². The monoisotopic (exact) mass is 380 g/mol. The molecule has 1 aromatic heterocycles. The van der Waals surface area contributed by atoms with Gasteiger partial charge in [-0.15, -0.1) is 11.3 Å². The van der Waals surface area contributed by atoms with Crippen LogP contribution in [0.15, 0.2) is 29.8 Å². The van der Waals surface area contributed by atoms with E-state index in [0.717, 1.165) is 30.7 Å². The van der Waals surface area contributed by atoms with Crippen molar-refractivity contribution in [2.75, 3.05) is 17.2 Å². The molecule has 2 N–H and O–H groups in total. The number of nitrogens with zero attached hydrogens (tertiary/aromatic N) is 2. The number of anilines is 2. The largest absolute Gasteiger partial charge is 0.416 e. The van der Waals surface area contributed by atoms with Crippen LogP contribution in [-0.2, 0) is 6.18 Å². The van der Waals surface area contributed by atoms with E-state index >= 15 is 0 Å². The second kappa shape index (κ2) is 8.72. The van der Waals surface area contributed by atoms with Crippen LogP contribution in [-0.4, -0.2) is 11.5 Å². The molecular formula is C18H19F3N4S. The molecule has 0 spiro atoms. The minimum atomic E-state index is -4.44. The maximum absolute atomic E-state index is 13.0. The first-order valence-electron chi connectivity index (χ1n) is 8.09. The molecule has 0 unspecified atom stereocenters. The lowest BCUT2D eigenvalue weighted by Crippen LogP contribution is -2.08. The van der Waals surface area contributed by atoms with Crippen LogP contribution in [0.3, 0.4) is 0 Å². The molecule has 0 aliphatic rings. The molecule has 0 fully saturated rings. The van der Waals surface area contributed by atoms with Crippen molar-refractivity contribution in [1.29, 1.82) is 5.26 Å². The lowest BCUT2D eigenvalue weighted by Gasteiger charge is -2.15. The van der Waals surface area contributed by atoms with Gasteiger partial charge in [-0.2, -0.15) is 18.4 Å². The summed E-state index contributed by atoms with van der Waals surface area (Å²) in [5.41, 5.74) is 1.11. The minimum absolute atomic E-state index is 0.261. The van der Waals surface area contributed by atoms with E-state index in [4.69, 9.17) is 0 Å². The third-order valence-electron chi connectivity index (χ3n) is 3.53. The molecule has 0 radical (unpaired) electrons. The summed E-state index contributed by atoms with van der Waals surface area (Å²) in [6.45, 7) is 4.49. The minimum Gasteiger partial charge on any atom is -0.383 e. The average Bonchev–Trinajstić information content (AvgIpc) is 3.02. The number of nitrogens with one attached hydrogen (secondary N) is 2. The molecule has 0 atom stereocenters. The van der Waals surface area contributed by atoms with E-state index in [0.29, 0.717) is 17.2 Å². The fraction of sp³-hybridized carbons (Fsp3) is 0.333. The van der Waals surface area contributed by atoms with Crippen LogP contribution in [0, 0.1) is 18.3 Å². The molecule has 0 amide bonds. The number of nitriles is 1. The Morgan fingerprint density at radius 2 is 2.12 bits per heavy atom. The van der Waals surface area contributed by atoms with Crippen LogP contribution in [0.1, 0.15) is 36.0 Å². The van der Waals surface area contributed by atoms with E-state index in [1.807, 2.05) is 25.3 Å². The van der Waals surface area contributed by atoms with Crippen molar-refractivity contribution in [3.8, 4) is 6.07 Å². The smallest absolute Gasteiger partial charge is 0.383 e. The number of benzene rings is 1. The van der Waals surface area contributed by atoms with Crippen LogP contribution in [0.4, 0.5) is 24.5 Å². The molecule has 138 valence electrons. The van der Waals surface area contributed by atoms with E-state index in [-0.39, 0.29) is 11.3 Å². The first-order valence-corrected chi connectivity index (χ1v) is 8.97. The van der Waals surface area contributed by atoms with Gasteiger partial charge in [0, 0.05) is 23.8 Å². The highest BCUT2D eigenvalue weighted by molar-refractivity contribution is 7.10. The first kappa shape index (κ1) is 19.8. The van der Waals surface area contributed by atoms with Gasteiger partial charge < -0.3 is 10.6 Å². The van der Waals surface area contributed by atoms with Gasteiger partial charge in [-0.3, -0.25) is 0 Å². The third-order valence-corrected chi connectivity index (χ3v) is 4.53. The third kappa shape index (κ3) is 5.23. The van der Waals surface area contributed by atoms with Gasteiger partial charge >= 0.3 is 6.18 Å². The van der Waals surface area contributed by atoms with E-state index in [2.05, 4.69) is 15.6 Å². The molecule has 8 heteroatoms. The first-order chi connectivity index (χ1) is 12.3. The number of thiazole rings is 1. The Morgan fingerprint density at radius 1 is 1.35 bits per heavy atom. The molecule has 0 bridgehead atoms. The maximum atomic E-state index is 13.0. The second-order valence-electron chi connectivity index (χ2n) is 5.65. The molecule has 2 rings (SSSR count). The summed E-state index contributed by atoms with van der Waals surface area (Å²) in [7, 11) is 0. The number of unbranched alkanes of at least 4 members (excludes halogenated alkanes) is 1. The summed E-state index contributed by atoms with van der Waals surface area (Å²) in [4.78, 5) is 4.23. The quantitative estimate of drug-likeness (QED) is 0.481. The van der Waals surface area contributed by atoms with Gasteiger partial charge in [0.2, 0.25) is 0 Å². The van der Waals surface area contributed by atoms with Gasteiger partial charge in [0.15, 0.2) is 0 Å². The number of aromatic nitrogens is 1. The molecule has 1 aromatic carbocycles. The molecule has 0 saturated carbocycles. The van der Waals surface area contributed by atoms with Gasteiger partial charge in [0.25, 0.3) is 0 Å². The van der Waals surface area contributed by atoms with Gasteiger partial charge in [-0.05, 0) is 31.5 Å². The number of rotatable bonds is 7. The number of aryl methyl sites for hydroxylation is 1. The number of alkyl halides is 3.